The number of pyridine rings is 1. The zero-order chi connectivity index (χ0) is 23.1. The van der Waals surface area contributed by atoms with Crippen molar-refractivity contribution in [1.82, 2.24) is 15.0 Å². The summed E-state index contributed by atoms with van der Waals surface area (Å²) in [6, 6.07) is 6.75. The molecule has 0 atom stereocenters. The van der Waals surface area contributed by atoms with Crippen molar-refractivity contribution >= 4 is 61.0 Å². The summed E-state index contributed by atoms with van der Waals surface area (Å²) in [4.78, 5) is 26.5. The van der Waals surface area contributed by atoms with Gasteiger partial charge in [0, 0.05) is 29.0 Å². The smallest absolute Gasteiger partial charge is 0.258 e. The van der Waals surface area contributed by atoms with Crippen LogP contribution in [0.25, 0.3) is 20.4 Å². The Morgan fingerprint density at radius 1 is 1.12 bits per heavy atom. The number of aryl methyl sites for hydroxylation is 1. The number of thiophene rings is 1. The maximum atomic E-state index is 10.9. The maximum absolute atomic E-state index is 10.9. The van der Waals surface area contributed by atoms with Gasteiger partial charge in [0.05, 0.1) is 15.1 Å². The van der Waals surface area contributed by atoms with Crippen LogP contribution in [0.4, 0.5) is 5.69 Å². The molecule has 0 saturated heterocycles. The van der Waals surface area contributed by atoms with Crippen LogP contribution in [0.3, 0.4) is 0 Å². The molecule has 5 rings (SSSR count). The second kappa shape index (κ2) is 9.19. The van der Waals surface area contributed by atoms with Gasteiger partial charge in [-0.1, -0.05) is 37.7 Å². The van der Waals surface area contributed by atoms with Crippen molar-refractivity contribution in [3.63, 3.8) is 0 Å². The van der Waals surface area contributed by atoms with Crippen LogP contribution in [0, 0.1) is 16.0 Å². The molecule has 9 heteroatoms. The lowest BCUT2D eigenvalue weighted by Crippen LogP contribution is -2.03. The Bertz CT molecular complexity index is 1370. The predicted molar refractivity (Wildman–Crippen MR) is 138 cm³/mol. The molecule has 0 N–H and O–H groups in total. The minimum absolute atomic E-state index is 0.111. The predicted octanol–water partition coefficient (Wildman–Crippen LogP) is 6.85. The lowest BCUT2D eigenvalue weighted by molar-refractivity contribution is -0.384. The number of fused-ring (bicyclic) bond motifs is 5. The van der Waals surface area contributed by atoms with Gasteiger partial charge in [0.1, 0.15) is 9.86 Å². The van der Waals surface area contributed by atoms with Gasteiger partial charge in [-0.15, -0.1) is 23.1 Å². The maximum Gasteiger partial charge on any atom is 0.269 e. The first kappa shape index (κ1) is 22.6. The summed E-state index contributed by atoms with van der Waals surface area (Å²) in [7, 11) is 0. The van der Waals surface area contributed by atoms with Crippen LogP contribution in [0.2, 0.25) is 0 Å². The third-order valence-electron chi connectivity index (χ3n) is 5.87. The first-order valence-corrected chi connectivity index (χ1v) is 14.0. The number of nitrogens with zero attached hydrogens (tertiary/aromatic N) is 4. The number of thioether (sulfide) groups is 2. The molecule has 33 heavy (non-hydrogen) atoms. The third-order valence-corrected chi connectivity index (χ3v) is 8.68. The second-order valence-corrected chi connectivity index (χ2v) is 11.4. The van der Waals surface area contributed by atoms with E-state index in [0.29, 0.717) is 11.7 Å². The number of hydrogen-bond acceptors (Lipinski definition) is 8. The SMILES string of the molecule is CSc1nc(SCc2ccc([N+](=O)[O-])cc2)c2sc3nc(CC(C)C)c4c(c3c2n1)CCC4. The van der Waals surface area contributed by atoms with Crippen molar-refractivity contribution in [2.24, 2.45) is 5.92 Å². The van der Waals surface area contributed by atoms with Crippen molar-refractivity contribution in [2.75, 3.05) is 6.26 Å². The summed E-state index contributed by atoms with van der Waals surface area (Å²) in [5, 5.41) is 13.9. The number of aromatic nitrogens is 3. The van der Waals surface area contributed by atoms with Crippen molar-refractivity contribution in [3.05, 3.63) is 56.8 Å². The molecule has 0 amide bonds. The van der Waals surface area contributed by atoms with E-state index in [-0.39, 0.29) is 10.6 Å². The zero-order valence-corrected chi connectivity index (χ0v) is 21.2. The fraction of sp³-hybridized carbons (Fsp3) is 0.375. The normalized spacial score (nSPS) is 13.3. The third kappa shape index (κ3) is 4.34. The summed E-state index contributed by atoms with van der Waals surface area (Å²) < 4.78 is 1.10. The summed E-state index contributed by atoms with van der Waals surface area (Å²) in [6.07, 6.45) is 6.40. The summed E-state index contributed by atoms with van der Waals surface area (Å²) in [6.45, 7) is 4.50. The molecule has 4 aromatic rings. The molecule has 170 valence electrons. The van der Waals surface area contributed by atoms with E-state index in [1.807, 2.05) is 18.4 Å². The number of rotatable bonds is 7. The van der Waals surface area contributed by atoms with Crippen molar-refractivity contribution in [3.8, 4) is 0 Å². The zero-order valence-electron chi connectivity index (χ0n) is 18.8. The highest BCUT2D eigenvalue weighted by Gasteiger charge is 2.25. The van der Waals surface area contributed by atoms with Crippen LogP contribution in [0.5, 0.6) is 0 Å². The summed E-state index contributed by atoms with van der Waals surface area (Å²) in [5.41, 5.74) is 6.32. The van der Waals surface area contributed by atoms with E-state index in [9.17, 15) is 10.1 Å². The van der Waals surface area contributed by atoms with Crippen molar-refractivity contribution in [2.45, 2.75) is 55.5 Å². The van der Waals surface area contributed by atoms with Gasteiger partial charge in [-0.2, -0.15) is 0 Å². The second-order valence-electron chi connectivity index (χ2n) is 8.65. The molecule has 0 unspecified atom stereocenters. The van der Waals surface area contributed by atoms with E-state index in [2.05, 4.69) is 13.8 Å². The Kier molecular flexibility index (Phi) is 6.28. The van der Waals surface area contributed by atoms with Crippen LogP contribution >= 0.6 is 34.9 Å². The molecule has 1 aromatic carbocycles. The largest absolute Gasteiger partial charge is 0.269 e. The van der Waals surface area contributed by atoms with Gasteiger partial charge in [-0.05, 0) is 54.5 Å². The molecule has 0 saturated carbocycles. The number of nitro benzene ring substituents is 1. The molecular weight excluding hydrogens is 472 g/mol. The summed E-state index contributed by atoms with van der Waals surface area (Å²) in [5.74, 6) is 1.26. The van der Waals surface area contributed by atoms with Gasteiger partial charge in [0.15, 0.2) is 5.16 Å². The lowest BCUT2D eigenvalue weighted by Gasteiger charge is -2.11. The van der Waals surface area contributed by atoms with Crippen LogP contribution in [-0.2, 0) is 25.0 Å². The van der Waals surface area contributed by atoms with Gasteiger partial charge in [-0.25, -0.2) is 15.0 Å². The van der Waals surface area contributed by atoms with Crippen molar-refractivity contribution < 1.29 is 4.92 Å². The van der Waals surface area contributed by atoms with Gasteiger partial charge in [-0.3, -0.25) is 10.1 Å². The Balaban J connectivity index is 1.59. The monoisotopic (exact) mass is 496 g/mol. The highest BCUT2D eigenvalue weighted by atomic mass is 32.2. The molecular formula is C24H24N4O2S3. The van der Waals surface area contributed by atoms with Crippen molar-refractivity contribution in [1.29, 1.82) is 0 Å². The van der Waals surface area contributed by atoms with E-state index < -0.39 is 0 Å². The standard InChI is InChI=1S/C24H24N4O2S3/c1-13(2)11-18-16-5-4-6-17(16)19-20-21(33-22(19)25-18)23(27-24(26-20)31-3)32-12-14-7-9-15(10-8-14)28(29)30/h7-10,13H,4-6,11-12H2,1-3H3. The van der Waals surface area contributed by atoms with Crippen LogP contribution in [-0.4, -0.2) is 26.1 Å². The molecule has 0 fully saturated rings. The Morgan fingerprint density at radius 3 is 2.58 bits per heavy atom. The van der Waals surface area contributed by atoms with Gasteiger partial charge >= 0.3 is 0 Å². The van der Waals surface area contributed by atoms with Gasteiger partial charge in [0.2, 0.25) is 0 Å². The van der Waals surface area contributed by atoms with E-state index >= 15 is 0 Å². The summed E-state index contributed by atoms with van der Waals surface area (Å²) >= 11 is 4.91. The highest BCUT2D eigenvalue weighted by Crippen LogP contribution is 2.43. The quantitative estimate of drug-likeness (QED) is 0.0909. The fourth-order valence-corrected chi connectivity index (χ4v) is 7.06. The van der Waals surface area contributed by atoms with E-state index in [4.69, 9.17) is 15.0 Å². The van der Waals surface area contributed by atoms with Crippen LogP contribution < -0.4 is 0 Å². The average Bonchev–Trinajstić information content (AvgIpc) is 3.41. The Hall–Kier alpha value is -2.23. The molecule has 1 aliphatic rings. The molecule has 3 aromatic heterocycles. The molecule has 0 bridgehead atoms. The number of non-ortho nitro benzene ring substituents is 1. The van der Waals surface area contributed by atoms with Crippen LogP contribution in [0.15, 0.2) is 34.4 Å². The first-order valence-electron chi connectivity index (χ1n) is 11.0. The van der Waals surface area contributed by atoms with Gasteiger partial charge < -0.3 is 0 Å². The number of hydrogen-bond donors (Lipinski definition) is 0. The minimum atomic E-state index is -0.369. The average molecular weight is 497 g/mol. The van der Waals surface area contributed by atoms with Crippen LogP contribution in [0.1, 0.15) is 42.7 Å². The minimum Gasteiger partial charge on any atom is -0.258 e. The molecule has 0 aliphatic heterocycles. The molecule has 6 nitrogen and oxygen atoms in total. The fourth-order valence-electron chi connectivity index (χ4n) is 4.41. The number of benzene rings is 1. The molecule has 0 radical (unpaired) electrons. The molecule has 1 aliphatic carbocycles. The topological polar surface area (TPSA) is 81.8 Å². The first-order chi connectivity index (χ1) is 15.9. The lowest BCUT2D eigenvalue weighted by atomic mass is 9.99. The number of nitro groups is 1. The highest BCUT2D eigenvalue weighted by molar-refractivity contribution is 7.99. The molecule has 0 spiro atoms. The Morgan fingerprint density at radius 2 is 1.88 bits per heavy atom. The Labute approximate surface area is 204 Å². The van der Waals surface area contributed by atoms with E-state index in [0.717, 1.165) is 50.1 Å². The molecule has 3 heterocycles. The van der Waals surface area contributed by atoms with E-state index in [1.165, 1.54) is 28.6 Å². The van der Waals surface area contributed by atoms with E-state index in [1.54, 1.807) is 47.0 Å². The van der Waals surface area contributed by atoms with Gasteiger partial charge in [0.25, 0.3) is 5.69 Å².